The number of hydrogen-bond donors (Lipinski definition) is 0. The van der Waals surface area contributed by atoms with Gasteiger partial charge in [0.25, 0.3) is 0 Å². The molecule has 0 atom stereocenters. The van der Waals surface area contributed by atoms with Crippen LogP contribution in [0.5, 0.6) is 11.5 Å². The summed E-state index contributed by atoms with van der Waals surface area (Å²) in [7, 11) is 3.31. The highest BCUT2D eigenvalue weighted by molar-refractivity contribution is 5.95. The van der Waals surface area contributed by atoms with Crippen LogP contribution in [0.15, 0.2) is 103 Å². The van der Waals surface area contributed by atoms with E-state index in [1.54, 1.807) is 20.3 Å². The van der Waals surface area contributed by atoms with Crippen LogP contribution in [-0.2, 0) is 0 Å². The maximum Gasteiger partial charge on any atom is 0.119 e. The van der Waals surface area contributed by atoms with Gasteiger partial charge in [0.05, 0.1) is 31.4 Å². The van der Waals surface area contributed by atoms with E-state index >= 15 is 0 Å². The van der Waals surface area contributed by atoms with Crippen molar-refractivity contribution in [3.63, 3.8) is 0 Å². The minimum Gasteiger partial charge on any atom is -0.497 e. The van der Waals surface area contributed by atoms with Crippen LogP contribution in [0.4, 0.5) is 17.1 Å². The van der Waals surface area contributed by atoms with Crippen molar-refractivity contribution in [2.75, 3.05) is 19.1 Å². The molecule has 0 saturated carbocycles. The van der Waals surface area contributed by atoms with Gasteiger partial charge in [0.2, 0.25) is 0 Å². The fourth-order valence-electron chi connectivity index (χ4n) is 4.57. The Kier molecular flexibility index (Phi) is 7.26. The van der Waals surface area contributed by atoms with Crippen molar-refractivity contribution >= 4 is 40.0 Å². The average Bonchev–Trinajstić information content (AvgIpc) is 3.00. The molecule has 0 aliphatic carbocycles. The lowest BCUT2D eigenvalue weighted by Gasteiger charge is -2.26. The van der Waals surface area contributed by atoms with Gasteiger partial charge < -0.3 is 14.4 Å². The molecule has 0 bridgehead atoms. The molecule has 188 valence electrons. The van der Waals surface area contributed by atoms with Crippen LogP contribution in [-0.4, -0.2) is 14.2 Å². The largest absolute Gasteiger partial charge is 0.497 e. The maximum atomic E-state index is 9.87. The highest BCUT2D eigenvalue weighted by Crippen LogP contribution is 2.36. The van der Waals surface area contributed by atoms with Crippen molar-refractivity contribution in [1.29, 1.82) is 10.5 Å². The fourth-order valence-corrected chi connectivity index (χ4v) is 4.57. The fraction of sp³-hybridized carbons (Fsp3) is 0.0588. The quantitative estimate of drug-likeness (QED) is 0.208. The van der Waals surface area contributed by atoms with E-state index in [4.69, 9.17) is 9.47 Å². The number of fused-ring (bicyclic) bond motifs is 1. The van der Waals surface area contributed by atoms with E-state index in [2.05, 4.69) is 29.2 Å². The van der Waals surface area contributed by atoms with E-state index in [0.717, 1.165) is 50.5 Å². The molecule has 5 nitrogen and oxygen atoms in total. The Bertz CT molecular complexity index is 1680. The number of nitrogens with zero attached hydrogens (tertiary/aromatic N) is 3. The van der Waals surface area contributed by atoms with Crippen LogP contribution in [0.25, 0.3) is 22.9 Å². The summed E-state index contributed by atoms with van der Waals surface area (Å²) in [5, 5.41) is 20.9. The van der Waals surface area contributed by atoms with Crippen molar-refractivity contribution < 1.29 is 9.47 Å². The molecule has 0 spiro atoms. The summed E-state index contributed by atoms with van der Waals surface area (Å²) in [4.78, 5) is 2.16. The van der Waals surface area contributed by atoms with Crippen LogP contribution in [0.1, 0.15) is 22.3 Å². The predicted octanol–water partition coefficient (Wildman–Crippen LogP) is 8.24. The van der Waals surface area contributed by atoms with Crippen LogP contribution in [0.2, 0.25) is 0 Å². The minimum absolute atomic E-state index is 0.558. The van der Waals surface area contributed by atoms with Gasteiger partial charge in [-0.15, -0.1) is 0 Å². The van der Waals surface area contributed by atoms with E-state index in [-0.39, 0.29) is 0 Å². The summed E-state index contributed by atoms with van der Waals surface area (Å²) in [6.45, 7) is 0. The highest BCUT2D eigenvalue weighted by atomic mass is 16.5. The molecular weight excluding hydrogens is 482 g/mol. The molecule has 5 aromatic carbocycles. The Hall–Kier alpha value is -5.52. The first-order chi connectivity index (χ1) is 19.1. The van der Waals surface area contributed by atoms with Crippen LogP contribution < -0.4 is 14.4 Å². The lowest BCUT2D eigenvalue weighted by Crippen LogP contribution is -2.09. The molecule has 0 N–H and O–H groups in total. The minimum atomic E-state index is 0.558. The Morgan fingerprint density at radius 2 is 1.15 bits per heavy atom. The third-order valence-electron chi connectivity index (χ3n) is 6.59. The van der Waals surface area contributed by atoms with E-state index in [1.807, 2.05) is 97.1 Å². The van der Waals surface area contributed by atoms with Crippen molar-refractivity contribution in [2.24, 2.45) is 0 Å². The van der Waals surface area contributed by atoms with Crippen LogP contribution in [0.3, 0.4) is 0 Å². The Labute approximate surface area is 228 Å². The summed E-state index contributed by atoms with van der Waals surface area (Å²) in [6, 6.07) is 37.9. The van der Waals surface area contributed by atoms with Gasteiger partial charge in [0.1, 0.15) is 17.6 Å². The van der Waals surface area contributed by atoms with Gasteiger partial charge in [0, 0.05) is 27.8 Å². The Morgan fingerprint density at radius 1 is 0.590 bits per heavy atom. The number of ether oxygens (including phenoxy) is 2. The smallest absolute Gasteiger partial charge is 0.119 e. The monoisotopic (exact) mass is 507 g/mol. The second-order valence-electron chi connectivity index (χ2n) is 8.81. The normalized spacial score (nSPS) is 10.7. The molecule has 5 aromatic rings. The SMILES string of the molecule is COc1ccc(N(c2ccc(C=Cc3ccc4c(C#N)cccc4c3C#N)cc2)c2ccc(OC)cc2)cc1. The maximum absolute atomic E-state index is 9.87. The summed E-state index contributed by atoms with van der Waals surface area (Å²) >= 11 is 0. The molecule has 0 radical (unpaired) electrons. The molecule has 5 heteroatoms. The zero-order valence-electron chi connectivity index (χ0n) is 21.6. The molecule has 0 amide bonds. The molecule has 39 heavy (non-hydrogen) atoms. The van der Waals surface area contributed by atoms with E-state index in [0.29, 0.717) is 11.1 Å². The number of rotatable bonds is 7. The number of anilines is 3. The first-order valence-corrected chi connectivity index (χ1v) is 12.4. The van der Waals surface area contributed by atoms with E-state index < -0.39 is 0 Å². The average molecular weight is 508 g/mol. The van der Waals surface area contributed by atoms with Gasteiger partial charge >= 0.3 is 0 Å². The molecule has 0 aliphatic rings. The van der Waals surface area contributed by atoms with Crippen molar-refractivity contribution in [1.82, 2.24) is 0 Å². The number of benzene rings is 5. The highest BCUT2D eigenvalue weighted by Gasteiger charge is 2.13. The van der Waals surface area contributed by atoms with Gasteiger partial charge in [0.15, 0.2) is 0 Å². The topological polar surface area (TPSA) is 69.3 Å². The molecule has 0 aromatic heterocycles. The van der Waals surface area contributed by atoms with Gasteiger partial charge in [-0.05, 0) is 77.9 Å². The molecule has 0 fully saturated rings. The summed E-state index contributed by atoms with van der Waals surface area (Å²) in [5.41, 5.74) is 5.91. The standard InChI is InChI=1S/C34H25N3O2/c1-38-30-17-13-28(14-18-30)37(29-15-19-31(39-2)20-16-29)27-11-7-24(8-12-27)6-9-25-10-21-32-26(22-35)4-3-5-33(32)34(25)23-36/h3-21H,1-2H3. The molecular formula is C34H25N3O2. The van der Waals surface area contributed by atoms with Crippen molar-refractivity contribution in [2.45, 2.75) is 0 Å². The van der Waals surface area contributed by atoms with Gasteiger partial charge in [-0.2, -0.15) is 10.5 Å². The van der Waals surface area contributed by atoms with Crippen molar-refractivity contribution in [3.05, 3.63) is 125 Å². The summed E-state index contributed by atoms with van der Waals surface area (Å²) < 4.78 is 10.7. The number of nitriles is 2. The Balaban J connectivity index is 1.48. The predicted molar refractivity (Wildman–Crippen MR) is 157 cm³/mol. The van der Waals surface area contributed by atoms with Gasteiger partial charge in [-0.3, -0.25) is 0 Å². The number of hydrogen-bond acceptors (Lipinski definition) is 5. The summed E-state index contributed by atoms with van der Waals surface area (Å²) in [6.07, 6.45) is 3.93. The second kappa shape index (κ2) is 11.3. The van der Waals surface area contributed by atoms with Crippen molar-refractivity contribution in [3.8, 4) is 23.6 Å². The first-order valence-electron chi connectivity index (χ1n) is 12.4. The van der Waals surface area contributed by atoms with E-state index in [1.165, 1.54) is 0 Å². The third-order valence-corrected chi connectivity index (χ3v) is 6.59. The van der Waals surface area contributed by atoms with Gasteiger partial charge in [-0.25, -0.2) is 0 Å². The second-order valence-corrected chi connectivity index (χ2v) is 8.81. The molecule has 0 saturated heterocycles. The molecule has 0 heterocycles. The lowest BCUT2D eigenvalue weighted by molar-refractivity contribution is 0.415. The van der Waals surface area contributed by atoms with Crippen LogP contribution >= 0.6 is 0 Å². The zero-order chi connectivity index (χ0) is 27.2. The Morgan fingerprint density at radius 3 is 1.67 bits per heavy atom. The number of methoxy groups -OCH3 is 2. The summed E-state index contributed by atoms with van der Waals surface area (Å²) in [5.74, 6) is 1.59. The lowest BCUT2D eigenvalue weighted by atomic mass is 9.96. The third kappa shape index (κ3) is 5.16. The molecule has 5 rings (SSSR count). The first kappa shape index (κ1) is 25.1. The zero-order valence-corrected chi connectivity index (χ0v) is 21.6. The van der Waals surface area contributed by atoms with Gasteiger partial charge in [-0.1, -0.05) is 48.6 Å². The van der Waals surface area contributed by atoms with E-state index in [9.17, 15) is 10.5 Å². The molecule has 0 aliphatic heterocycles. The van der Waals surface area contributed by atoms with Crippen LogP contribution in [0, 0.1) is 22.7 Å². The molecule has 0 unspecified atom stereocenters.